The number of hydrogen-bond acceptors (Lipinski definition) is 3. The zero-order valence-electron chi connectivity index (χ0n) is 12.3. The molecule has 21 heavy (non-hydrogen) atoms. The molecule has 2 aromatic carbocycles. The van der Waals surface area contributed by atoms with Crippen molar-refractivity contribution in [2.75, 3.05) is 12.0 Å². The van der Waals surface area contributed by atoms with Gasteiger partial charge < -0.3 is 9.64 Å². The highest BCUT2D eigenvalue weighted by Crippen LogP contribution is 2.33. The maximum atomic E-state index is 9.20. The number of para-hydroxylation sites is 1. The molecule has 0 aromatic heterocycles. The van der Waals surface area contributed by atoms with Crippen molar-refractivity contribution in [1.29, 1.82) is 5.26 Å². The van der Waals surface area contributed by atoms with Gasteiger partial charge >= 0.3 is 0 Å². The van der Waals surface area contributed by atoms with E-state index in [1.807, 2.05) is 18.2 Å². The molecule has 0 saturated carbocycles. The van der Waals surface area contributed by atoms with Gasteiger partial charge in [0.15, 0.2) is 0 Å². The van der Waals surface area contributed by atoms with E-state index < -0.39 is 0 Å². The van der Waals surface area contributed by atoms with E-state index in [9.17, 15) is 5.26 Å². The van der Waals surface area contributed by atoms with Crippen LogP contribution in [-0.4, -0.2) is 13.2 Å². The van der Waals surface area contributed by atoms with Crippen molar-refractivity contribution >= 4 is 5.69 Å². The number of nitriles is 1. The van der Waals surface area contributed by atoms with Gasteiger partial charge in [-0.2, -0.15) is 5.26 Å². The smallest absolute Gasteiger partial charge is 0.136 e. The Hall–Kier alpha value is -2.47. The van der Waals surface area contributed by atoms with Crippen molar-refractivity contribution in [3.05, 3.63) is 59.2 Å². The molecular formula is C18H18N2O. The Bertz CT molecular complexity index is 703. The molecule has 1 heterocycles. The summed E-state index contributed by atoms with van der Waals surface area (Å²) in [6.45, 7) is 3.06. The summed E-state index contributed by atoms with van der Waals surface area (Å²) in [6.07, 6.45) is 1.08. The van der Waals surface area contributed by atoms with Crippen molar-refractivity contribution in [3.8, 4) is 11.8 Å². The molecule has 0 saturated heterocycles. The van der Waals surface area contributed by atoms with Gasteiger partial charge in [0.2, 0.25) is 0 Å². The first-order valence-electron chi connectivity index (χ1n) is 7.14. The van der Waals surface area contributed by atoms with Gasteiger partial charge in [-0.3, -0.25) is 0 Å². The lowest BCUT2D eigenvalue weighted by Crippen LogP contribution is -2.28. The van der Waals surface area contributed by atoms with Gasteiger partial charge in [0, 0.05) is 18.3 Å². The Kier molecular flexibility index (Phi) is 3.53. The number of anilines is 1. The number of hydrogen-bond donors (Lipinski definition) is 0. The van der Waals surface area contributed by atoms with Crippen LogP contribution < -0.4 is 9.64 Å². The lowest BCUT2D eigenvalue weighted by molar-refractivity contribution is 0.413. The molecule has 3 rings (SSSR count). The molecule has 1 atom stereocenters. The van der Waals surface area contributed by atoms with Crippen LogP contribution in [0.2, 0.25) is 0 Å². The fraction of sp³-hybridized carbons (Fsp3) is 0.278. The first-order chi connectivity index (χ1) is 10.2. The molecule has 0 amide bonds. The first-order valence-corrected chi connectivity index (χ1v) is 7.14. The fourth-order valence-electron chi connectivity index (χ4n) is 3.01. The predicted molar refractivity (Wildman–Crippen MR) is 83.5 cm³/mol. The van der Waals surface area contributed by atoms with E-state index in [0.29, 0.717) is 17.4 Å². The van der Waals surface area contributed by atoms with E-state index in [-0.39, 0.29) is 0 Å². The van der Waals surface area contributed by atoms with Crippen molar-refractivity contribution in [2.24, 2.45) is 0 Å². The molecule has 0 radical (unpaired) electrons. The van der Waals surface area contributed by atoms with E-state index in [2.05, 4.69) is 42.2 Å². The summed E-state index contributed by atoms with van der Waals surface area (Å²) in [5.41, 5.74) is 4.43. The molecule has 0 fully saturated rings. The fourth-order valence-corrected chi connectivity index (χ4v) is 3.01. The summed E-state index contributed by atoms with van der Waals surface area (Å²) in [4.78, 5) is 2.40. The Morgan fingerprint density at radius 1 is 1.29 bits per heavy atom. The molecule has 106 valence electrons. The van der Waals surface area contributed by atoms with Crippen LogP contribution in [0.3, 0.4) is 0 Å². The molecule has 0 bridgehead atoms. The Labute approximate surface area is 125 Å². The normalized spacial score (nSPS) is 16.4. The second-order valence-corrected chi connectivity index (χ2v) is 5.46. The number of methoxy groups -OCH3 is 1. The van der Waals surface area contributed by atoms with Gasteiger partial charge in [0.05, 0.1) is 12.7 Å². The topological polar surface area (TPSA) is 36.3 Å². The van der Waals surface area contributed by atoms with Gasteiger partial charge in [-0.05, 0) is 42.7 Å². The van der Waals surface area contributed by atoms with Crippen LogP contribution in [0.4, 0.5) is 5.69 Å². The highest BCUT2D eigenvalue weighted by Gasteiger charge is 2.25. The van der Waals surface area contributed by atoms with E-state index in [4.69, 9.17) is 4.74 Å². The first kappa shape index (κ1) is 13.5. The number of rotatable bonds is 3. The molecule has 1 aliphatic rings. The van der Waals surface area contributed by atoms with Crippen LogP contribution in [-0.2, 0) is 13.0 Å². The van der Waals surface area contributed by atoms with Crippen LogP contribution in [0.5, 0.6) is 5.75 Å². The minimum atomic E-state index is 0.482. The molecule has 0 aliphatic carbocycles. The molecule has 2 aromatic rings. The Morgan fingerprint density at radius 3 is 2.86 bits per heavy atom. The van der Waals surface area contributed by atoms with Gasteiger partial charge in [-0.1, -0.05) is 24.3 Å². The number of nitrogens with zero attached hydrogens (tertiary/aromatic N) is 2. The van der Waals surface area contributed by atoms with Crippen molar-refractivity contribution in [3.63, 3.8) is 0 Å². The summed E-state index contributed by atoms with van der Waals surface area (Å²) in [5.74, 6) is 0.635. The van der Waals surface area contributed by atoms with Crippen molar-refractivity contribution < 1.29 is 4.74 Å². The minimum Gasteiger partial charge on any atom is -0.495 e. The van der Waals surface area contributed by atoms with Crippen LogP contribution in [0.25, 0.3) is 0 Å². The second-order valence-electron chi connectivity index (χ2n) is 5.46. The average molecular weight is 278 g/mol. The van der Waals surface area contributed by atoms with Crippen LogP contribution in [0.15, 0.2) is 42.5 Å². The van der Waals surface area contributed by atoms with Crippen LogP contribution in [0, 0.1) is 11.3 Å². The molecule has 0 N–H and O–H groups in total. The quantitative estimate of drug-likeness (QED) is 0.862. The van der Waals surface area contributed by atoms with Crippen molar-refractivity contribution in [1.82, 2.24) is 0 Å². The largest absolute Gasteiger partial charge is 0.495 e. The molecule has 3 heteroatoms. The van der Waals surface area contributed by atoms with E-state index >= 15 is 0 Å². The highest BCUT2D eigenvalue weighted by atomic mass is 16.5. The zero-order valence-corrected chi connectivity index (χ0v) is 12.3. The summed E-state index contributed by atoms with van der Waals surface area (Å²) in [5, 5.41) is 9.20. The average Bonchev–Trinajstić information content (AvgIpc) is 2.83. The summed E-state index contributed by atoms with van der Waals surface area (Å²) in [7, 11) is 1.59. The van der Waals surface area contributed by atoms with E-state index in [1.54, 1.807) is 7.11 Å². The van der Waals surface area contributed by atoms with E-state index in [0.717, 1.165) is 18.5 Å². The minimum absolute atomic E-state index is 0.482. The van der Waals surface area contributed by atoms with Crippen molar-refractivity contribution in [2.45, 2.75) is 25.9 Å². The number of ether oxygens (including phenoxy) is 1. The van der Waals surface area contributed by atoms with E-state index in [1.165, 1.54) is 11.3 Å². The van der Waals surface area contributed by atoms with Crippen LogP contribution >= 0.6 is 0 Å². The zero-order chi connectivity index (χ0) is 14.8. The third-order valence-electron chi connectivity index (χ3n) is 4.09. The van der Waals surface area contributed by atoms with Gasteiger partial charge in [0.1, 0.15) is 11.8 Å². The lowest BCUT2D eigenvalue weighted by Gasteiger charge is -2.25. The highest BCUT2D eigenvalue weighted by molar-refractivity contribution is 5.59. The monoisotopic (exact) mass is 278 g/mol. The number of fused-ring (bicyclic) bond motifs is 1. The molecule has 3 nitrogen and oxygen atoms in total. The summed E-state index contributed by atoms with van der Waals surface area (Å²) >= 11 is 0. The Balaban J connectivity index is 1.89. The molecule has 1 unspecified atom stereocenters. The SMILES string of the molecule is COc1ccc(CN2c3ccccc3CC2C)cc1C#N. The Morgan fingerprint density at radius 2 is 2.10 bits per heavy atom. The summed E-state index contributed by atoms with van der Waals surface area (Å²) in [6, 6.07) is 17.1. The van der Waals surface area contributed by atoms with Crippen LogP contribution in [0.1, 0.15) is 23.6 Å². The maximum absolute atomic E-state index is 9.20. The predicted octanol–water partition coefficient (Wildman–Crippen LogP) is 3.52. The molecule has 0 spiro atoms. The lowest BCUT2D eigenvalue weighted by atomic mass is 10.1. The molecule has 1 aliphatic heterocycles. The third kappa shape index (κ3) is 2.45. The van der Waals surface area contributed by atoms with Gasteiger partial charge in [-0.15, -0.1) is 0 Å². The number of benzene rings is 2. The van der Waals surface area contributed by atoms with Gasteiger partial charge in [0.25, 0.3) is 0 Å². The third-order valence-corrected chi connectivity index (χ3v) is 4.09. The van der Waals surface area contributed by atoms with Gasteiger partial charge in [-0.25, -0.2) is 0 Å². The maximum Gasteiger partial charge on any atom is 0.136 e. The standard InChI is InChI=1S/C18H18N2O/c1-13-9-15-5-3-4-6-17(15)20(13)12-14-7-8-18(21-2)16(10-14)11-19/h3-8,10,13H,9,12H2,1-2H3. The summed E-state index contributed by atoms with van der Waals surface area (Å²) < 4.78 is 5.20. The molecular weight excluding hydrogens is 260 g/mol. The second kappa shape index (κ2) is 5.49.